The topological polar surface area (TPSA) is 85.8 Å². The van der Waals surface area contributed by atoms with E-state index >= 15 is 0 Å². The van der Waals surface area contributed by atoms with Gasteiger partial charge in [0.05, 0.1) is 24.0 Å². The molecule has 0 aliphatic carbocycles. The molecule has 2 atom stereocenters. The molecule has 116 valence electrons. The molecule has 2 heterocycles. The molecule has 0 unspecified atom stereocenters. The number of morpholine rings is 1. The Hall–Kier alpha value is -1.74. The largest absolute Gasteiger partial charge is 0.488 e. The van der Waals surface area contributed by atoms with Gasteiger partial charge >= 0.3 is 10.5 Å². The van der Waals surface area contributed by atoms with Gasteiger partial charge in [0.15, 0.2) is 5.75 Å². The van der Waals surface area contributed by atoms with Crippen molar-refractivity contribution in [3.05, 3.63) is 24.0 Å². The maximum Gasteiger partial charge on any atom is 0.488 e. The number of rotatable bonds is 3. The molecule has 0 bridgehead atoms. The van der Waals surface area contributed by atoms with Gasteiger partial charge < -0.3 is 13.8 Å². The summed E-state index contributed by atoms with van der Waals surface area (Å²) in [5, 5.41) is 0. The predicted molar refractivity (Wildman–Crippen MR) is 70.8 cm³/mol. The second-order valence-corrected chi connectivity index (χ2v) is 5.81. The van der Waals surface area contributed by atoms with E-state index in [1.807, 2.05) is 13.8 Å². The Labute approximate surface area is 122 Å². The van der Waals surface area contributed by atoms with Crippen LogP contribution in [0.5, 0.6) is 5.75 Å². The van der Waals surface area contributed by atoms with Crippen LogP contribution in [0.1, 0.15) is 24.2 Å². The Morgan fingerprint density at radius 1 is 1.38 bits per heavy atom. The summed E-state index contributed by atoms with van der Waals surface area (Å²) in [6.07, 6.45) is 2.08. The third kappa shape index (κ3) is 4.36. The van der Waals surface area contributed by atoms with Crippen LogP contribution in [0.3, 0.4) is 0 Å². The maximum absolute atomic E-state index is 12.5. The molecule has 9 heteroatoms. The third-order valence-electron chi connectivity index (χ3n) is 2.86. The molecule has 0 N–H and O–H groups in total. The number of aromatic nitrogens is 1. The van der Waals surface area contributed by atoms with Crippen LogP contribution in [-0.4, -0.2) is 49.5 Å². The summed E-state index contributed by atoms with van der Waals surface area (Å²) in [5.41, 5.74) is 0.123. The Bertz CT molecular complexity index is 626. The van der Waals surface area contributed by atoms with Crippen LogP contribution >= 0.6 is 0 Å². The molecule has 2 rings (SSSR count). The molecule has 0 saturated carbocycles. The van der Waals surface area contributed by atoms with Crippen LogP contribution in [-0.2, 0) is 15.2 Å². The first-order valence-corrected chi connectivity index (χ1v) is 7.59. The van der Waals surface area contributed by atoms with E-state index in [1.54, 1.807) is 4.90 Å². The average molecular weight is 318 g/mol. The van der Waals surface area contributed by atoms with Gasteiger partial charge in [-0.05, 0) is 19.9 Å². The van der Waals surface area contributed by atoms with Crippen molar-refractivity contribution in [1.29, 1.82) is 0 Å². The van der Waals surface area contributed by atoms with Crippen molar-refractivity contribution in [3.8, 4) is 5.75 Å². The summed E-state index contributed by atoms with van der Waals surface area (Å²) in [4.78, 5) is 17.6. The average Bonchev–Trinajstić information content (AvgIpc) is 2.35. The molecule has 1 saturated heterocycles. The quantitative estimate of drug-likeness (QED) is 0.771. The zero-order valence-corrected chi connectivity index (χ0v) is 12.3. The number of halogens is 1. The summed E-state index contributed by atoms with van der Waals surface area (Å²) < 4.78 is 43.0. The lowest BCUT2D eigenvalue weighted by atomic mass is 10.2. The third-order valence-corrected chi connectivity index (χ3v) is 3.25. The van der Waals surface area contributed by atoms with Gasteiger partial charge in [-0.3, -0.25) is 9.78 Å². The second-order valence-electron chi connectivity index (χ2n) is 4.85. The number of hydrogen-bond donors (Lipinski definition) is 0. The van der Waals surface area contributed by atoms with E-state index in [2.05, 4.69) is 9.17 Å². The molecule has 1 aromatic heterocycles. The highest BCUT2D eigenvalue weighted by atomic mass is 32.3. The second kappa shape index (κ2) is 5.94. The van der Waals surface area contributed by atoms with E-state index in [0.29, 0.717) is 13.1 Å². The number of nitrogens with zero attached hydrogens (tertiary/aromatic N) is 2. The molecule has 0 spiro atoms. The molecular formula is C12H15FN2O5S. The highest BCUT2D eigenvalue weighted by Gasteiger charge is 2.27. The fourth-order valence-corrected chi connectivity index (χ4v) is 2.54. The zero-order chi connectivity index (χ0) is 15.6. The van der Waals surface area contributed by atoms with Crippen molar-refractivity contribution in [2.45, 2.75) is 26.1 Å². The minimum absolute atomic E-state index is 0.101. The molecule has 1 aliphatic heterocycles. The van der Waals surface area contributed by atoms with E-state index in [1.165, 1.54) is 6.20 Å². The first-order valence-electron chi connectivity index (χ1n) is 6.28. The van der Waals surface area contributed by atoms with Gasteiger partial charge in [0.25, 0.3) is 5.91 Å². The number of amides is 1. The fourth-order valence-electron chi connectivity index (χ4n) is 2.22. The summed E-state index contributed by atoms with van der Waals surface area (Å²) in [7, 11) is -5.15. The number of pyridine rings is 1. The highest BCUT2D eigenvalue weighted by molar-refractivity contribution is 7.81. The summed E-state index contributed by atoms with van der Waals surface area (Å²) in [5.74, 6) is -0.691. The van der Waals surface area contributed by atoms with Crippen molar-refractivity contribution >= 4 is 16.4 Å². The van der Waals surface area contributed by atoms with E-state index in [-0.39, 0.29) is 29.4 Å². The molecule has 7 nitrogen and oxygen atoms in total. The molecule has 21 heavy (non-hydrogen) atoms. The molecule has 1 aliphatic rings. The number of hydrogen-bond acceptors (Lipinski definition) is 6. The van der Waals surface area contributed by atoms with E-state index in [9.17, 15) is 17.1 Å². The van der Waals surface area contributed by atoms with Crippen molar-refractivity contribution in [1.82, 2.24) is 9.88 Å². The van der Waals surface area contributed by atoms with Gasteiger partial charge in [-0.15, -0.1) is 0 Å². The first-order chi connectivity index (χ1) is 9.74. The maximum atomic E-state index is 12.5. The van der Waals surface area contributed by atoms with Gasteiger partial charge in [-0.2, -0.15) is 8.42 Å². The van der Waals surface area contributed by atoms with Crippen LogP contribution < -0.4 is 4.18 Å². The van der Waals surface area contributed by atoms with Crippen LogP contribution in [0.25, 0.3) is 0 Å². The van der Waals surface area contributed by atoms with Gasteiger partial charge in [0.2, 0.25) is 0 Å². The molecule has 1 aromatic rings. The van der Waals surface area contributed by atoms with E-state index in [0.717, 1.165) is 12.3 Å². The highest BCUT2D eigenvalue weighted by Crippen LogP contribution is 2.18. The van der Waals surface area contributed by atoms with Crippen molar-refractivity contribution < 1.29 is 26.0 Å². The molecular weight excluding hydrogens is 303 g/mol. The molecule has 0 aromatic carbocycles. The van der Waals surface area contributed by atoms with Crippen molar-refractivity contribution in [2.75, 3.05) is 13.1 Å². The van der Waals surface area contributed by atoms with E-state index < -0.39 is 10.5 Å². The predicted octanol–water partition coefficient (Wildman–Crippen LogP) is 0.924. The number of carbonyl (C=O) groups is 1. The number of carbonyl (C=O) groups excluding carboxylic acids is 1. The van der Waals surface area contributed by atoms with Gasteiger partial charge in [-0.25, -0.2) is 0 Å². The Morgan fingerprint density at radius 3 is 2.57 bits per heavy atom. The Kier molecular flexibility index (Phi) is 4.43. The fraction of sp³-hybridized carbons (Fsp3) is 0.500. The van der Waals surface area contributed by atoms with Crippen LogP contribution in [0.15, 0.2) is 18.5 Å². The molecule has 0 radical (unpaired) electrons. The van der Waals surface area contributed by atoms with Crippen molar-refractivity contribution in [3.63, 3.8) is 0 Å². The Balaban J connectivity index is 2.17. The first kappa shape index (κ1) is 15.6. The minimum Gasteiger partial charge on any atom is -0.372 e. The van der Waals surface area contributed by atoms with Gasteiger partial charge in [-0.1, -0.05) is 3.89 Å². The van der Waals surface area contributed by atoms with Crippen LogP contribution in [0.2, 0.25) is 0 Å². The van der Waals surface area contributed by atoms with Gasteiger partial charge in [0, 0.05) is 19.3 Å². The number of ether oxygens (including phenoxy) is 1. The monoisotopic (exact) mass is 318 g/mol. The summed E-state index contributed by atoms with van der Waals surface area (Å²) >= 11 is 0. The normalized spacial score (nSPS) is 22.9. The van der Waals surface area contributed by atoms with Crippen molar-refractivity contribution in [2.24, 2.45) is 0 Å². The summed E-state index contributed by atoms with van der Waals surface area (Å²) in [6.45, 7) is 4.53. The summed E-state index contributed by atoms with van der Waals surface area (Å²) in [6, 6.07) is 1.14. The minimum atomic E-state index is -5.15. The molecule has 1 amide bonds. The Morgan fingerprint density at radius 2 is 2.00 bits per heavy atom. The zero-order valence-electron chi connectivity index (χ0n) is 11.5. The SMILES string of the molecule is C[C@@H]1CN(C(=O)c2cncc(OS(=O)(=O)F)c2)C[C@H](C)O1. The lowest BCUT2D eigenvalue weighted by Crippen LogP contribution is -2.48. The van der Waals surface area contributed by atoms with Crippen LogP contribution in [0.4, 0.5) is 3.89 Å². The van der Waals surface area contributed by atoms with Gasteiger partial charge in [0.1, 0.15) is 0 Å². The van der Waals surface area contributed by atoms with E-state index in [4.69, 9.17) is 4.74 Å². The smallest absolute Gasteiger partial charge is 0.372 e. The lowest BCUT2D eigenvalue weighted by molar-refractivity contribution is -0.0586. The molecule has 1 fully saturated rings. The lowest BCUT2D eigenvalue weighted by Gasteiger charge is -2.35. The standard InChI is InChI=1S/C12H15FN2O5S/c1-8-6-15(7-9(2)19-8)12(16)10-3-11(5-14-4-10)20-21(13,17)18/h3-5,8-9H,6-7H2,1-2H3/t8-,9+. The van der Waals surface area contributed by atoms with Crippen LogP contribution in [0, 0.1) is 0 Å².